The summed E-state index contributed by atoms with van der Waals surface area (Å²) in [5.41, 5.74) is 6.27. The van der Waals surface area contributed by atoms with Gasteiger partial charge in [-0.3, -0.25) is 4.99 Å². The third-order valence-corrected chi connectivity index (χ3v) is 4.90. The summed E-state index contributed by atoms with van der Waals surface area (Å²) in [7, 11) is -3.56. The second-order valence-electron chi connectivity index (χ2n) is 4.99. The Kier molecular flexibility index (Phi) is 5.08. The molecule has 1 saturated carbocycles. The minimum atomic E-state index is -3.56. The standard InChI is InChI=1S/C13H19ClN4O2S/c1-9-8-10(14)2-5-12(9)21(19,20)17-7-6-16-13(15)18-11-3-4-11/h2,5,8,11,17H,3-4,6-7H2,1H3,(H3,15,16,18). The summed E-state index contributed by atoms with van der Waals surface area (Å²) in [5, 5.41) is 3.54. The Balaban J connectivity index is 1.88. The van der Waals surface area contributed by atoms with E-state index in [1.807, 2.05) is 0 Å². The van der Waals surface area contributed by atoms with Crippen LogP contribution < -0.4 is 15.8 Å². The SMILES string of the molecule is Cc1cc(Cl)ccc1S(=O)(=O)NCCN=C(N)NC1CC1. The van der Waals surface area contributed by atoms with E-state index in [0.29, 0.717) is 22.6 Å². The normalized spacial score (nSPS) is 16.0. The second kappa shape index (κ2) is 6.64. The predicted molar refractivity (Wildman–Crippen MR) is 84.0 cm³/mol. The van der Waals surface area contributed by atoms with E-state index in [1.165, 1.54) is 6.07 Å². The number of hydrogen-bond acceptors (Lipinski definition) is 3. The fraction of sp³-hybridized carbons (Fsp3) is 0.462. The number of hydrogen-bond donors (Lipinski definition) is 3. The van der Waals surface area contributed by atoms with Gasteiger partial charge in [-0.2, -0.15) is 0 Å². The van der Waals surface area contributed by atoms with E-state index in [0.717, 1.165) is 12.8 Å². The number of nitrogens with zero attached hydrogens (tertiary/aromatic N) is 1. The smallest absolute Gasteiger partial charge is 0.240 e. The van der Waals surface area contributed by atoms with Crippen LogP contribution in [0.2, 0.25) is 5.02 Å². The van der Waals surface area contributed by atoms with Crippen molar-refractivity contribution in [1.82, 2.24) is 10.0 Å². The molecule has 0 aliphatic heterocycles. The zero-order valence-electron chi connectivity index (χ0n) is 11.8. The first kappa shape index (κ1) is 16.1. The van der Waals surface area contributed by atoms with E-state index < -0.39 is 10.0 Å². The van der Waals surface area contributed by atoms with Crippen LogP contribution in [0.1, 0.15) is 18.4 Å². The lowest BCUT2D eigenvalue weighted by Gasteiger charge is -2.09. The summed E-state index contributed by atoms with van der Waals surface area (Å²) in [6.07, 6.45) is 2.22. The number of nitrogens with one attached hydrogen (secondary N) is 2. The highest BCUT2D eigenvalue weighted by Gasteiger charge is 2.21. The molecule has 21 heavy (non-hydrogen) atoms. The Bertz CT molecular complexity index is 642. The quantitative estimate of drug-likeness (QED) is 0.412. The molecule has 1 fully saturated rings. The topological polar surface area (TPSA) is 96.6 Å². The summed E-state index contributed by atoms with van der Waals surface area (Å²) in [6, 6.07) is 5.10. The van der Waals surface area contributed by atoms with Crippen LogP contribution in [-0.2, 0) is 10.0 Å². The van der Waals surface area contributed by atoms with E-state index in [4.69, 9.17) is 17.3 Å². The molecule has 1 aromatic carbocycles. The van der Waals surface area contributed by atoms with Gasteiger partial charge >= 0.3 is 0 Å². The molecule has 0 heterocycles. The molecule has 6 nitrogen and oxygen atoms in total. The molecule has 0 atom stereocenters. The first-order chi connectivity index (χ1) is 9.88. The Morgan fingerprint density at radius 1 is 1.48 bits per heavy atom. The van der Waals surface area contributed by atoms with Crippen molar-refractivity contribution in [3.05, 3.63) is 28.8 Å². The van der Waals surface area contributed by atoms with E-state index >= 15 is 0 Å². The van der Waals surface area contributed by atoms with Crippen molar-refractivity contribution in [2.75, 3.05) is 13.1 Å². The van der Waals surface area contributed by atoms with Gasteiger partial charge in [-0.25, -0.2) is 13.1 Å². The maximum atomic E-state index is 12.1. The number of aliphatic imine (C=N–C) groups is 1. The number of rotatable bonds is 6. The number of aryl methyl sites for hydroxylation is 1. The number of halogens is 1. The average molecular weight is 331 g/mol. The Morgan fingerprint density at radius 3 is 2.81 bits per heavy atom. The first-order valence-electron chi connectivity index (χ1n) is 6.71. The molecule has 4 N–H and O–H groups in total. The van der Waals surface area contributed by atoms with Crippen molar-refractivity contribution >= 4 is 27.6 Å². The van der Waals surface area contributed by atoms with Gasteiger partial charge in [-0.1, -0.05) is 11.6 Å². The lowest BCUT2D eigenvalue weighted by Crippen LogP contribution is -2.34. The molecule has 0 spiro atoms. The highest BCUT2D eigenvalue weighted by atomic mass is 35.5. The number of sulfonamides is 1. The second-order valence-corrected chi connectivity index (χ2v) is 7.16. The van der Waals surface area contributed by atoms with Gasteiger partial charge in [0.2, 0.25) is 10.0 Å². The van der Waals surface area contributed by atoms with Crippen molar-refractivity contribution in [3.8, 4) is 0 Å². The van der Waals surface area contributed by atoms with Crippen molar-refractivity contribution in [3.63, 3.8) is 0 Å². The Labute approximate surface area is 129 Å². The maximum Gasteiger partial charge on any atom is 0.240 e. The molecule has 0 unspecified atom stereocenters. The third-order valence-electron chi connectivity index (χ3n) is 3.04. The van der Waals surface area contributed by atoms with Crippen LogP contribution in [0.5, 0.6) is 0 Å². The lowest BCUT2D eigenvalue weighted by molar-refractivity contribution is 0.581. The molecule has 0 radical (unpaired) electrons. The monoisotopic (exact) mass is 330 g/mol. The van der Waals surface area contributed by atoms with Crippen molar-refractivity contribution in [1.29, 1.82) is 0 Å². The van der Waals surface area contributed by atoms with Gasteiger partial charge in [0, 0.05) is 17.6 Å². The van der Waals surface area contributed by atoms with Crippen molar-refractivity contribution < 1.29 is 8.42 Å². The summed E-state index contributed by atoms with van der Waals surface area (Å²) < 4.78 is 26.8. The number of guanidine groups is 1. The predicted octanol–water partition coefficient (Wildman–Crippen LogP) is 0.993. The van der Waals surface area contributed by atoms with Crippen LogP contribution in [0, 0.1) is 6.92 Å². The molecule has 2 rings (SSSR count). The molecule has 1 aliphatic carbocycles. The highest BCUT2D eigenvalue weighted by molar-refractivity contribution is 7.89. The maximum absolute atomic E-state index is 12.1. The van der Waals surface area contributed by atoms with Crippen LogP contribution in [0.15, 0.2) is 28.1 Å². The van der Waals surface area contributed by atoms with Crippen molar-refractivity contribution in [2.24, 2.45) is 10.7 Å². The van der Waals surface area contributed by atoms with Gasteiger partial charge in [-0.15, -0.1) is 0 Å². The van der Waals surface area contributed by atoms with Gasteiger partial charge in [0.15, 0.2) is 5.96 Å². The van der Waals surface area contributed by atoms with Gasteiger partial charge in [0.1, 0.15) is 0 Å². The van der Waals surface area contributed by atoms with Crippen LogP contribution >= 0.6 is 11.6 Å². The zero-order chi connectivity index (χ0) is 15.5. The minimum Gasteiger partial charge on any atom is -0.370 e. The fourth-order valence-corrected chi connectivity index (χ4v) is 3.30. The minimum absolute atomic E-state index is 0.192. The molecule has 1 aliphatic rings. The van der Waals surface area contributed by atoms with Crippen LogP contribution in [0.3, 0.4) is 0 Å². The lowest BCUT2D eigenvalue weighted by atomic mass is 10.2. The van der Waals surface area contributed by atoms with Crippen LogP contribution in [0.25, 0.3) is 0 Å². The molecule has 0 aromatic heterocycles. The van der Waals surface area contributed by atoms with E-state index in [-0.39, 0.29) is 18.0 Å². The summed E-state index contributed by atoms with van der Waals surface area (Å²) in [5.74, 6) is 0.361. The summed E-state index contributed by atoms with van der Waals surface area (Å²) in [4.78, 5) is 4.30. The summed E-state index contributed by atoms with van der Waals surface area (Å²) in [6.45, 7) is 2.19. The molecule has 0 bridgehead atoms. The zero-order valence-corrected chi connectivity index (χ0v) is 13.3. The molecule has 0 saturated heterocycles. The molecule has 8 heteroatoms. The van der Waals surface area contributed by atoms with Crippen LogP contribution in [0.4, 0.5) is 0 Å². The van der Waals surface area contributed by atoms with E-state index in [2.05, 4.69) is 15.0 Å². The van der Waals surface area contributed by atoms with E-state index in [9.17, 15) is 8.42 Å². The van der Waals surface area contributed by atoms with Gasteiger partial charge < -0.3 is 11.1 Å². The molecular weight excluding hydrogens is 312 g/mol. The van der Waals surface area contributed by atoms with Crippen LogP contribution in [-0.4, -0.2) is 33.5 Å². The van der Waals surface area contributed by atoms with Gasteiger partial charge in [0.05, 0.1) is 11.4 Å². The highest BCUT2D eigenvalue weighted by Crippen LogP contribution is 2.19. The van der Waals surface area contributed by atoms with Gasteiger partial charge in [0.25, 0.3) is 0 Å². The Hall–Kier alpha value is -1.31. The molecular formula is C13H19ClN4O2S. The van der Waals surface area contributed by atoms with Gasteiger partial charge in [-0.05, 0) is 43.5 Å². The molecule has 116 valence electrons. The first-order valence-corrected chi connectivity index (χ1v) is 8.57. The van der Waals surface area contributed by atoms with E-state index in [1.54, 1.807) is 19.1 Å². The average Bonchev–Trinajstić information content (AvgIpc) is 3.18. The number of nitrogens with two attached hydrogens (primary N) is 1. The third kappa shape index (κ3) is 4.87. The largest absolute Gasteiger partial charge is 0.370 e. The Morgan fingerprint density at radius 2 is 2.19 bits per heavy atom. The summed E-state index contributed by atoms with van der Waals surface area (Å²) >= 11 is 5.82. The fourth-order valence-electron chi connectivity index (χ4n) is 1.83. The van der Waals surface area contributed by atoms with Crippen molar-refractivity contribution in [2.45, 2.75) is 30.7 Å². The molecule has 0 amide bonds. The molecule has 1 aromatic rings. The number of benzene rings is 1.